The van der Waals surface area contributed by atoms with E-state index in [1.165, 1.54) is 6.08 Å². The summed E-state index contributed by atoms with van der Waals surface area (Å²) in [5.41, 5.74) is 0.158. The lowest BCUT2D eigenvalue weighted by molar-refractivity contribution is -0.153. The van der Waals surface area contributed by atoms with Crippen LogP contribution in [0.5, 0.6) is 0 Å². The Morgan fingerprint density at radius 2 is 1.61 bits per heavy atom. The smallest absolute Gasteiger partial charge is 0.329 e. The number of Topliss-reactive ketones (excluding diaryl/α,β-unsaturated/α-hetero) is 1. The summed E-state index contributed by atoms with van der Waals surface area (Å²) in [5.74, 6) is -2.76. The third-order valence-electron chi connectivity index (χ3n) is 5.67. The van der Waals surface area contributed by atoms with Gasteiger partial charge in [0.25, 0.3) is 0 Å². The maximum absolute atomic E-state index is 13.0. The van der Waals surface area contributed by atoms with Crippen LogP contribution in [0.25, 0.3) is 0 Å². The number of hydrogen-bond donors (Lipinski definition) is 5. The van der Waals surface area contributed by atoms with E-state index in [1.807, 2.05) is 0 Å². The maximum atomic E-state index is 13.0. The molecule has 1 aliphatic heterocycles. The van der Waals surface area contributed by atoms with Gasteiger partial charge in [0.15, 0.2) is 5.78 Å². The Morgan fingerprint density at radius 1 is 0.972 bits per heavy atom. The minimum atomic E-state index is -0.997. The topological polar surface area (TPSA) is 131 Å². The Kier molecular flexibility index (Phi) is 13.9. The Morgan fingerprint density at radius 3 is 2.14 bits per heavy atom. The van der Waals surface area contributed by atoms with Crippen molar-refractivity contribution < 1.29 is 28.7 Å². The fraction of sp³-hybridized carbons (Fsp3) is 0.640. The van der Waals surface area contributed by atoms with Crippen LogP contribution in [0.3, 0.4) is 0 Å². The van der Waals surface area contributed by atoms with Crippen LogP contribution in [0.15, 0.2) is 23.8 Å². The van der Waals surface area contributed by atoms with Gasteiger partial charge in [-0.25, -0.2) is 4.79 Å². The molecule has 3 N–H and O–H groups in total. The highest BCUT2D eigenvalue weighted by Gasteiger charge is 2.33. The quantitative estimate of drug-likeness (QED) is 0.151. The predicted octanol–water partition coefficient (Wildman–Crippen LogP) is 1.78. The summed E-state index contributed by atoms with van der Waals surface area (Å²) < 4.78 is 5.61. The van der Waals surface area contributed by atoms with Gasteiger partial charge in [-0.05, 0) is 37.0 Å². The second-order valence-corrected chi connectivity index (χ2v) is 10.1. The molecular weight excluding hydrogens is 502 g/mol. The molecule has 1 heterocycles. The number of thiol groups is 2. The van der Waals surface area contributed by atoms with Gasteiger partial charge in [-0.1, -0.05) is 39.8 Å². The van der Waals surface area contributed by atoms with Gasteiger partial charge in [0, 0.05) is 17.7 Å². The number of carbonyl (C=O) groups is 5. The summed E-state index contributed by atoms with van der Waals surface area (Å²) in [4.78, 5) is 64.7. The minimum absolute atomic E-state index is 0.0148. The van der Waals surface area contributed by atoms with Crippen molar-refractivity contribution in [3.8, 4) is 0 Å². The largest absolute Gasteiger partial charge is 0.456 e. The zero-order valence-corrected chi connectivity index (χ0v) is 23.4. The summed E-state index contributed by atoms with van der Waals surface area (Å²) in [7, 11) is 0. The third kappa shape index (κ3) is 10.0. The summed E-state index contributed by atoms with van der Waals surface area (Å²) in [6.07, 6.45) is 4.06. The van der Waals surface area contributed by atoms with E-state index in [9.17, 15) is 24.0 Å². The predicted molar refractivity (Wildman–Crippen MR) is 145 cm³/mol. The molecule has 4 unspecified atom stereocenters. The van der Waals surface area contributed by atoms with Crippen LogP contribution in [-0.4, -0.2) is 65.2 Å². The number of allylic oxidation sites excluding steroid dienone is 2. The van der Waals surface area contributed by atoms with Gasteiger partial charge in [-0.2, -0.15) is 25.3 Å². The van der Waals surface area contributed by atoms with Crippen molar-refractivity contribution in [1.29, 1.82) is 0 Å². The molecule has 3 amide bonds. The van der Waals surface area contributed by atoms with Crippen LogP contribution in [0, 0.1) is 11.8 Å². The van der Waals surface area contributed by atoms with E-state index in [0.29, 0.717) is 12.2 Å². The number of cyclic esters (lactones) is 1. The first-order valence-electron chi connectivity index (χ1n) is 12.1. The number of ketones is 1. The first kappa shape index (κ1) is 31.8. The lowest BCUT2D eigenvalue weighted by Gasteiger charge is -2.27. The number of esters is 1. The first-order chi connectivity index (χ1) is 16.9. The van der Waals surface area contributed by atoms with Gasteiger partial charge in [0.2, 0.25) is 17.7 Å². The summed E-state index contributed by atoms with van der Waals surface area (Å²) in [5, 5.41) is 8.00. The number of nitrogens with one attached hydrogen (secondary N) is 3. The van der Waals surface area contributed by atoms with Crippen LogP contribution in [0.2, 0.25) is 0 Å². The Bertz CT molecular complexity index is 872. The first-order valence-corrected chi connectivity index (χ1v) is 13.4. The van der Waals surface area contributed by atoms with Gasteiger partial charge >= 0.3 is 5.97 Å². The molecule has 0 aromatic carbocycles. The molecule has 0 saturated carbocycles. The molecule has 1 fully saturated rings. The van der Waals surface area contributed by atoms with Crippen molar-refractivity contribution in [2.45, 2.75) is 78.1 Å². The maximum Gasteiger partial charge on any atom is 0.329 e. The molecule has 1 saturated heterocycles. The number of amides is 3. The fourth-order valence-electron chi connectivity index (χ4n) is 3.49. The Hall–Kier alpha value is -2.27. The molecule has 0 aromatic rings. The van der Waals surface area contributed by atoms with E-state index in [0.717, 1.165) is 0 Å². The molecule has 0 spiro atoms. The van der Waals surface area contributed by atoms with Crippen LogP contribution < -0.4 is 16.0 Å². The SMILES string of the molecule is C/C=C1\CC(=O)C(CS)NC(=O)C(C(C)C)NC(=O)CC(/C=C/CCS)OC(=O)C(C(C)C)NC1=O. The van der Waals surface area contributed by atoms with Gasteiger partial charge in [-0.3, -0.25) is 19.2 Å². The van der Waals surface area contributed by atoms with Crippen LogP contribution in [-0.2, 0) is 28.7 Å². The lowest BCUT2D eigenvalue weighted by Crippen LogP contribution is -2.55. The monoisotopic (exact) mass is 541 g/mol. The van der Waals surface area contributed by atoms with Crippen molar-refractivity contribution in [3.63, 3.8) is 0 Å². The van der Waals surface area contributed by atoms with Gasteiger partial charge in [-0.15, -0.1) is 0 Å². The van der Waals surface area contributed by atoms with E-state index in [1.54, 1.807) is 46.8 Å². The van der Waals surface area contributed by atoms with Gasteiger partial charge in [0.05, 0.1) is 12.5 Å². The van der Waals surface area contributed by atoms with Crippen LogP contribution in [0.4, 0.5) is 0 Å². The van der Waals surface area contributed by atoms with E-state index < -0.39 is 53.7 Å². The fourth-order valence-corrected chi connectivity index (χ4v) is 3.93. The number of ether oxygens (including phenoxy) is 1. The molecular formula is C25H39N3O6S2. The normalized spacial score (nSPS) is 26.8. The molecule has 0 aromatic heterocycles. The molecule has 4 atom stereocenters. The van der Waals surface area contributed by atoms with Gasteiger partial charge < -0.3 is 20.7 Å². The second kappa shape index (κ2) is 15.8. The molecule has 202 valence electrons. The number of rotatable bonds is 6. The molecule has 0 aliphatic carbocycles. The molecule has 1 rings (SSSR count). The standard InChI is InChI=1S/C25H39N3O6S2/c1-6-16-11-19(29)18(13-36)26-24(32)21(14(2)3)27-20(30)12-17(9-7-8-10-35)34-25(33)22(15(4)5)28-23(16)31/h6-7,9,14-15,17-18,21-22,35-36H,8,10-13H2,1-5H3,(H,26,32)(H,27,30)(H,28,31)/b9-7+,16-6+. The lowest BCUT2D eigenvalue weighted by atomic mass is 9.99. The second-order valence-electron chi connectivity index (χ2n) is 9.30. The van der Waals surface area contributed by atoms with E-state index >= 15 is 0 Å². The Labute approximate surface area is 224 Å². The van der Waals surface area contributed by atoms with E-state index in [4.69, 9.17) is 4.74 Å². The molecule has 11 heteroatoms. The molecule has 9 nitrogen and oxygen atoms in total. The molecule has 0 bridgehead atoms. The number of hydrogen-bond acceptors (Lipinski definition) is 8. The highest BCUT2D eigenvalue weighted by atomic mass is 32.1. The highest BCUT2D eigenvalue weighted by Crippen LogP contribution is 2.14. The molecule has 0 radical (unpaired) electrons. The number of carbonyl (C=O) groups excluding carboxylic acids is 5. The van der Waals surface area contributed by atoms with E-state index in [2.05, 4.69) is 41.2 Å². The zero-order valence-electron chi connectivity index (χ0n) is 21.6. The summed E-state index contributed by atoms with van der Waals surface area (Å²) in [6, 6.07) is -2.88. The average Bonchev–Trinajstić information content (AvgIpc) is 2.81. The van der Waals surface area contributed by atoms with Crippen LogP contribution in [0.1, 0.15) is 53.9 Å². The van der Waals surface area contributed by atoms with Crippen molar-refractivity contribution in [1.82, 2.24) is 16.0 Å². The summed E-state index contributed by atoms with van der Waals surface area (Å²) in [6.45, 7) is 8.65. The van der Waals surface area contributed by atoms with Gasteiger partial charge in [0.1, 0.15) is 18.2 Å². The zero-order chi connectivity index (χ0) is 27.4. The summed E-state index contributed by atoms with van der Waals surface area (Å²) >= 11 is 8.36. The minimum Gasteiger partial charge on any atom is -0.456 e. The highest BCUT2D eigenvalue weighted by molar-refractivity contribution is 7.80. The Balaban J connectivity index is 3.43. The third-order valence-corrected chi connectivity index (χ3v) is 6.29. The molecule has 36 heavy (non-hydrogen) atoms. The van der Waals surface area contributed by atoms with Crippen molar-refractivity contribution in [3.05, 3.63) is 23.8 Å². The van der Waals surface area contributed by atoms with E-state index in [-0.39, 0.29) is 36.0 Å². The molecule has 1 aliphatic rings. The van der Waals surface area contributed by atoms with Crippen LogP contribution >= 0.6 is 25.3 Å². The average molecular weight is 542 g/mol. The van der Waals surface area contributed by atoms with Crippen molar-refractivity contribution in [2.24, 2.45) is 11.8 Å². The van der Waals surface area contributed by atoms with Crippen molar-refractivity contribution in [2.75, 3.05) is 11.5 Å². The van der Waals surface area contributed by atoms with Crippen molar-refractivity contribution >= 4 is 54.7 Å².